The number of hydrogen-bond donors (Lipinski definition) is 1. The lowest BCUT2D eigenvalue weighted by molar-refractivity contribution is -0.742. The van der Waals surface area contributed by atoms with Crippen molar-refractivity contribution in [3.8, 4) is 0 Å². The van der Waals surface area contributed by atoms with Crippen LogP contribution < -0.4 is 0 Å². The second-order valence-electron chi connectivity index (χ2n) is 5.17. The summed E-state index contributed by atoms with van der Waals surface area (Å²) in [4.78, 5) is 12.4. The van der Waals surface area contributed by atoms with Gasteiger partial charge in [0, 0.05) is 35.1 Å². The average Bonchev–Trinajstić information content (AvgIpc) is 3.13. The molecular formula is C17H21Cl2N3O5. The van der Waals surface area contributed by atoms with Crippen molar-refractivity contribution in [1.82, 2.24) is 9.55 Å². The molecule has 0 aliphatic carbocycles. The molecule has 0 aliphatic rings. The molecule has 0 unspecified atom stereocenters. The maximum atomic E-state index is 8.36. The Balaban J connectivity index is 0.000000828. The van der Waals surface area contributed by atoms with Gasteiger partial charge in [-0.25, -0.2) is 4.98 Å². The minimum absolute atomic E-state index is 0.457. The van der Waals surface area contributed by atoms with E-state index in [0.29, 0.717) is 29.1 Å². The summed E-state index contributed by atoms with van der Waals surface area (Å²) in [6.07, 6.45) is 9.21. The number of rotatable bonds is 9. The largest absolute Gasteiger partial charge is 0.476 e. The minimum atomic E-state index is -1.50. The van der Waals surface area contributed by atoms with Crippen LogP contribution in [-0.4, -0.2) is 39.7 Å². The fraction of sp³-hybridized carbons (Fsp3) is 0.353. The summed E-state index contributed by atoms with van der Waals surface area (Å²) in [5.41, 5.74) is 0.826. The lowest BCUT2D eigenvalue weighted by Crippen LogP contribution is -2.07. The Bertz CT molecular complexity index is 719. The number of benzene rings is 1. The third-order valence-corrected chi connectivity index (χ3v) is 3.68. The van der Waals surface area contributed by atoms with Crippen molar-refractivity contribution in [2.75, 3.05) is 19.8 Å². The van der Waals surface area contributed by atoms with E-state index in [9.17, 15) is 0 Å². The first kappa shape index (κ1) is 22.8. The topological polar surface area (TPSA) is 99.7 Å². The van der Waals surface area contributed by atoms with E-state index < -0.39 is 5.09 Å². The van der Waals surface area contributed by atoms with Gasteiger partial charge in [0.05, 0.1) is 6.61 Å². The molecule has 1 aromatic heterocycles. The van der Waals surface area contributed by atoms with Crippen molar-refractivity contribution in [3.05, 3.63) is 62.6 Å². The van der Waals surface area contributed by atoms with Crippen molar-refractivity contribution in [2.45, 2.75) is 19.8 Å². The molecule has 0 bridgehead atoms. The molecule has 10 heteroatoms. The van der Waals surface area contributed by atoms with Gasteiger partial charge in [-0.3, -0.25) is 4.57 Å². The predicted molar refractivity (Wildman–Crippen MR) is 103 cm³/mol. The van der Waals surface area contributed by atoms with Gasteiger partial charge in [0.2, 0.25) is 0 Å². The highest BCUT2D eigenvalue weighted by atomic mass is 35.5. The Morgan fingerprint density at radius 1 is 1.37 bits per heavy atom. The molecule has 0 amide bonds. The smallest absolute Gasteiger partial charge is 0.291 e. The highest BCUT2D eigenvalue weighted by Gasteiger charge is 2.05. The summed E-state index contributed by atoms with van der Waals surface area (Å²) in [5, 5.41) is 14.8. The summed E-state index contributed by atoms with van der Waals surface area (Å²) in [5.74, 6) is 0.630. The number of halogens is 2. The number of aromatic nitrogens is 2. The van der Waals surface area contributed by atoms with E-state index in [1.165, 1.54) is 0 Å². The van der Waals surface area contributed by atoms with E-state index in [0.717, 1.165) is 25.0 Å². The minimum Gasteiger partial charge on any atom is -0.476 e. The molecule has 0 saturated heterocycles. The summed E-state index contributed by atoms with van der Waals surface area (Å²) in [7, 11) is 0. The molecule has 0 atom stereocenters. The second-order valence-corrected chi connectivity index (χ2v) is 6.01. The standard InChI is InChI=1S/C17H20Cl2N2O2.HNO3/c1-2-3-8-22-9-10-23-17(21-7-6-20-13-21)11-14-4-5-15(18)12-16(14)19;2-1(3)4/h4-7,11-13H,2-3,8-10H2,1H3;(H,2,3,4). The van der Waals surface area contributed by atoms with Crippen LogP contribution >= 0.6 is 23.2 Å². The van der Waals surface area contributed by atoms with Gasteiger partial charge in [-0.2, -0.15) is 0 Å². The van der Waals surface area contributed by atoms with Gasteiger partial charge in [0.25, 0.3) is 5.09 Å². The molecule has 8 nitrogen and oxygen atoms in total. The first-order valence-electron chi connectivity index (χ1n) is 8.13. The number of hydrogen-bond acceptors (Lipinski definition) is 5. The molecule has 0 fully saturated rings. The van der Waals surface area contributed by atoms with E-state index >= 15 is 0 Å². The number of ether oxygens (including phenoxy) is 2. The Morgan fingerprint density at radius 3 is 2.70 bits per heavy atom. The van der Waals surface area contributed by atoms with Gasteiger partial charge in [0.1, 0.15) is 12.9 Å². The molecule has 1 N–H and O–H groups in total. The van der Waals surface area contributed by atoms with Crippen LogP contribution in [0.4, 0.5) is 0 Å². The Morgan fingerprint density at radius 2 is 2.11 bits per heavy atom. The molecular weight excluding hydrogens is 397 g/mol. The number of unbranched alkanes of at least 4 members (excludes halogenated alkanes) is 1. The van der Waals surface area contributed by atoms with Gasteiger partial charge in [0.15, 0.2) is 5.88 Å². The third kappa shape index (κ3) is 9.83. The first-order valence-corrected chi connectivity index (χ1v) is 8.88. The van der Waals surface area contributed by atoms with Crippen LogP contribution in [0.3, 0.4) is 0 Å². The van der Waals surface area contributed by atoms with Crippen molar-refractivity contribution in [1.29, 1.82) is 0 Å². The normalized spacial score (nSPS) is 10.9. The summed E-state index contributed by atoms with van der Waals surface area (Å²) in [6, 6.07) is 5.34. The lowest BCUT2D eigenvalue weighted by Gasteiger charge is -2.12. The highest BCUT2D eigenvalue weighted by Crippen LogP contribution is 2.24. The monoisotopic (exact) mass is 417 g/mol. The van der Waals surface area contributed by atoms with Crippen LogP contribution in [0.25, 0.3) is 12.0 Å². The van der Waals surface area contributed by atoms with Gasteiger partial charge >= 0.3 is 0 Å². The van der Waals surface area contributed by atoms with E-state index in [-0.39, 0.29) is 0 Å². The zero-order valence-corrected chi connectivity index (χ0v) is 16.3. The molecule has 0 spiro atoms. The van der Waals surface area contributed by atoms with Crippen molar-refractivity contribution in [3.63, 3.8) is 0 Å². The fourth-order valence-corrected chi connectivity index (χ4v) is 2.35. The van der Waals surface area contributed by atoms with Gasteiger partial charge in [-0.1, -0.05) is 42.6 Å². The molecule has 1 heterocycles. The molecule has 0 saturated carbocycles. The molecule has 0 aliphatic heterocycles. The van der Waals surface area contributed by atoms with Gasteiger partial charge < -0.3 is 14.7 Å². The maximum Gasteiger partial charge on any atom is 0.291 e. The third-order valence-electron chi connectivity index (χ3n) is 3.12. The quantitative estimate of drug-likeness (QED) is 0.276. The average molecular weight is 418 g/mol. The van der Waals surface area contributed by atoms with Crippen LogP contribution in [-0.2, 0) is 9.47 Å². The fourth-order valence-electron chi connectivity index (χ4n) is 1.89. The van der Waals surface area contributed by atoms with E-state index in [1.54, 1.807) is 29.2 Å². The number of imidazole rings is 1. The van der Waals surface area contributed by atoms with Gasteiger partial charge in [-0.05, 0) is 24.1 Å². The SMILES string of the molecule is CCCCOCCOC(=Cc1ccc(Cl)cc1Cl)n1ccnc1.O=[N+]([O-])O. The number of nitrogens with zero attached hydrogens (tertiary/aromatic N) is 3. The zero-order valence-electron chi connectivity index (χ0n) is 14.8. The van der Waals surface area contributed by atoms with Crippen LogP contribution in [0.15, 0.2) is 36.9 Å². The Labute approximate surface area is 167 Å². The van der Waals surface area contributed by atoms with Crippen LogP contribution in [0.2, 0.25) is 10.0 Å². The Hall–Kier alpha value is -2.29. The van der Waals surface area contributed by atoms with Crippen LogP contribution in [0.5, 0.6) is 0 Å². The molecule has 0 radical (unpaired) electrons. The predicted octanol–water partition coefficient (Wildman–Crippen LogP) is 4.63. The van der Waals surface area contributed by atoms with Crippen LogP contribution in [0.1, 0.15) is 25.3 Å². The van der Waals surface area contributed by atoms with E-state index in [2.05, 4.69) is 11.9 Å². The second kappa shape index (κ2) is 13.0. The molecule has 1 aromatic carbocycles. The van der Waals surface area contributed by atoms with Crippen molar-refractivity contribution in [2.24, 2.45) is 0 Å². The van der Waals surface area contributed by atoms with E-state index in [4.69, 9.17) is 48.0 Å². The van der Waals surface area contributed by atoms with Crippen molar-refractivity contribution >= 4 is 35.2 Å². The van der Waals surface area contributed by atoms with E-state index in [1.807, 2.05) is 18.3 Å². The zero-order chi connectivity index (χ0) is 20.1. The first-order chi connectivity index (χ1) is 12.9. The summed E-state index contributed by atoms with van der Waals surface area (Å²) < 4.78 is 13.1. The van der Waals surface area contributed by atoms with Gasteiger partial charge in [-0.15, -0.1) is 10.1 Å². The maximum absolute atomic E-state index is 8.36. The van der Waals surface area contributed by atoms with Crippen molar-refractivity contribution < 1.29 is 19.8 Å². The molecule has 27 heavy (non-hydrogen) atoms. The highest BCUT2D eigenvalue weighted by molar-refractivity contribution is 6.35. The Kier molecular flexibility index (Phi) is 10.9. The summed E-state index contributed by atoms with van der Waals surface area (Å²) >= 11 is 12.1. The lowest BCUT2D eigenvalue weighted by atomic mass is 10.2. The molecule has 2 aromatic rings. The molecule has 2 rings (SSSR count). The summed E-state index contributed by atoms with van der Waals surface area (Å²) in [6.45, 7) is 3.89. The van der Waals surface area contributed by atoms with Crippen LogP contribution in [0, 0.1) is 10.1 Å². The molecule has 148 valence electrons.